The standard InChI is InChI=1S/C29H39NO6/c1-5-11-22-25(13-9-14-27(22)36-21(3)31)34-19-10-20-35-26-16-15-24(28(33-4)23(26)12-6-2)29(32)30-17-7-8-18-30/h9,13-16H,5-8,10-12,17-20H2,1-4H3. The third kappa shape index (κ3) is 6.93. The molecule has 1 fully saturated rings. The Morgan fingerprint density at radius 1 is 0.861 bits per heavy atom. The molecule has 1 saturated heterocycles. The summed E-state index contributed by atoms with van der Waals surface area (Å²) in [7, 11) is 1.62. The van der Waals surface area contributed by atoms with Crippen molar-refractivity contribution in [1.82, 2.24) is 4.90 Å². The molecule has 36 heavy (non-hydrogen) atoms. The van der Waals surface area contributed by atoms with Gasteiger partial charge in [-0.2, -0.15) is 0 Å². The predicted octanol–water partition coefficient (Wildman–Crippen LogP) is 5.61. The zero-order chi connectivity index (χ0) is 25.9. The van der Waals surface area contributed by atoms with E-state index in [0.717, 1.165) is 74.2 Å². The number of amides is 1. The summed E-state index contributed by atoms with van der Waals surface area (Å²) in [5.74, 6) is 2.33. The van der Waals surface area contributed by atoms with Crippen LogP contribution in [0.5, 0.6) is 23.0 Å². The minimum absolute atomic E-state index is 0.0283. The van der Waals surface area contributed by atoms with Crippen molar-refractivity contribution in [3.05, 3.63) is 47.0 Å². The van der Waals surface area contributed by atoms with Crippen LogP contribution in [0.4, 0.5) is 0 Å². The van der Waals surface area contributed by atoms with Gasteiger partial charge in [-0.3, -0.25) is 9.59 Å². The van der Waals surface area contributed by atoms with Crippen LogP contribution in [0.3, 0.4) is 0 Å². The van der Waals surface area contributed by atoms with E-state index in [4.69, 9.17) is 18.9 Å². The first-order valence-electron chi connectivity index (χ1n) is 13.0. The van der Waals surface area contributed by atoms with Crippen LogP contribution in [-0.2, 0) is 17.6 Å². The van der Waals surface area contributed by atoms with Gasteiger partial charge in [-0.1, -0.05) is 32.8 Å². The summed E-state index contributed by atoms with van der Waals surface area (Å²) in [5, 5.41) is 0. The van der Waals surface area contributed by atoms with Gasteiger partial charge in [0.05, 0.1) is 25.9 Å². The molecule has 1 aliphatic heterocycles. The van der Waals surface area contributed by atoms with Gasteiger partial charge >= 0.3 is 5.97 Å². The van der Waals surface area contributed by atoms with Gasteiger partial charge in [-0.15, -0.1) is 0 Å². The molecule has 7 nitrogen and oxygen atoms in total. The number of ether oxygens (including phenoxy) is 4. The maximum atomic E-state index is 13.0. The average molecular weight is 498 g/mol. The van der Waals surface area contributed by atoms with Crippen molar-refractivity contribution in [3.63, 3.8) is 0 Å². The van der Waals surface area contributed by atoms with Crippen molar-refractivity contribution in [2.24, 2.45) is 0 Å². The summed E-state index contributed by atoms with van der Waals surface area (Å²) >= 11 is 0. The summed E-state index contributed by atoms with van der Waals surface area (Å²) in [6.45, 7) is 8.10. The van der Waals surface area contributed by atoms with Crippen LogP contribution in [0.25, 0.3) is 0 Å². The lowest BCUT2D eigenvalue weighted by atomic mass is 10.0. The number of benzene rings is 2. The van der Waals surface area contributed by atoms with Crippen molar-refractivity contribution >= 4 is 11.9 Å². The number of hydrogen-bond donors (Lipinski definition) is 0. The fraction of sp³-hybridized carbons (Fsp3) is 0.517. The fourth-order valence-electron chi connectivity index (χ4n) is 4.57. The number of carbonyl (C=O) groups excluding carboxylic acids is 2. The first kappa shape index (κ1) is 27.4. The Balaban J connectivity index is 1.64. The second-order valence-electron chi connectivity index (χ2n) is 9.00. The van der Waals surface area contributed by atoms with E-state index in [0.29, 0.717) is 36.7 Å². The van der Waals surface area contributed by atoms with E-state index in [1.165, 1.54) is 6.92 Å². The normalized spacial score (nSPS) is 12.9. The van der Waals surface area contributed by atoms with Crippen molar-refractivity contribution < 1.29 is 28.5 Å². The lowest BCUT2D eigenvalue weighted by Gasteiger charge is -2.21. The van der Waals surface area contributed by atoms with Crippen molar-refractivity contribution in [2.45, 2.75) is 65.7 Å². The number of methoxy groups -OCH3 is 1. The number of rotatable bonds is 13. The van der Waals surface area contributed by atoms with Crippen LogP contribution in [0.15, 0.2) is 30.3 Å². The molecule has 3 rings (SSSR count). The van der Waals surface area contributed by atoms with Gasteiger partial charge in [0.15, 0.2) is 0 Å². The molecule has 0 saturated carbocycles. The van der Waals surface area contributed by atoms with E-state index < -0.39 is 0 Å². The summed E-state index contributed by atoms with van der Waals surface area (Å²) in [4.78, 5) is 26.4. The highest BCUT2D eigenvalue weighted by molar-refractivity contribution is 5.98. The predicted molar refractivity (Wildman–Crippen MR) is 139 cm³/mol. The van der Waals surface area contributed by atoms with Crippen LogP contribution < -0.4 is 18.9 Å². The molecular weight excluding hydrogens is 458 g/mol. The largest absolute Gasteiger partial charge is 0.495 e. The molecule has 1 aliphatic rings. The maximum absolute atomic E-state index is 13.0. The van der Waals surface area contributed by atoms with Gasteiger partial charge in [0.25, 0.3) is 5.91 Å². The number of carbonyl (C=O) groups is 2. The molecule has 7 heteroatoms. The monoisotopic (exact) mass is 497 g/mol. The molecule has 0 unspecified atom stereocenters. The molecule has 196 valence electrons. The lowest BCUT2D eigenvalue weighted by molar-refractivity contribution is -0.131. The Kier molecular flexibility index (Phi) is 10.5. The quantitative estimate of drug-likeness (QED) is 0.203. The van der Waals surface area contributed by atoms with Crippen LogP contribution in [0.2, 0.25) is 0 Å². The van der Waals surface area contributed by atoms with Gasteiger partial charge < -0.3 is 23.8 Å². The van der Waals surface area contributed by atoms with Gasteiger partial charge in [-0.05, 0) is 49.9 Å². The van der Waals surface area contributed by atoms with Crippen LogP contribution >= 0.6 is 0 Å². The first-order chi connectivity index (χ1) is 17.5. The summed E-state index contributed by atoms with van der Waals surface area (Å²) in [6, 6.07) is 9.24. The Labute approximate surface area is 214 Å². The molecule has 0 bridgehead atoms. The zero-order valence-corrected chi connectivity index (χ0v) is 22.1. The highest BCUT2D eigenvalue weighted by atomic mass is 16.5. The maximum Gasteiger partial charge on any atom is 0.308 e. The van der Waals surface area contributed by atoms with Crippen LogP contribution in [0.1, 0.15) is 74.4 Å². The molecule has 0 aliphatic carbocycles. The number of esters is 1. The Morgan fingerprint density at radius 2 is 1.47 bits per heavy atom. The van der Waals surface area contributed by atoms with E-state index in [1.54, 1.807) is 13.2 Å². The summed E-state index contributed by atoms with van der Waals surface area (Å²) < 4.78 is 23.2. The molecular formula is C29H39NO6. The molecule has 0 atom stereocenters. The van der Waals surface area contributed by atoms with E-state index in [1.807, 2.05) is 29.2 Å². The second-order valence-corrected chi connectivity index (χ2v) is 9.00. The van der Waals surface area contributed by atoms with E-state index in [-0.39, 0.29) is 11.9 Å². The van der Waals surface area contributed by atoms with Crippen molar-refractivity contribution in [1.29, 1.82) is 0 Å². The highest BCUT2D eigenvalue weighted by Gasteiger charge is 2.25. The van der Waals surface area contributed by atoms with E-state index >= 15 is 0 Å². The van der Waals surface area contributed by atoms with Crippen LogP contribution in [0, 0.1) is 0 Å². The Bertz CT molecular complexity index is 1030. The summed E-state index contributed by atoms with van der Waals surface area (Å²) in [5.41, 5.74) is 2.45. The van der Waals surface area contributed by atoms with Gasteiger partial charge in [0.1, 0.15) is 23.0 Å². The highest BCUT2D eigenvalue weighted by Crippen LogP contribution is 2.35. The molecule has 0 radical (unpaired) electrons. The molecule has 1 amide bonds. The molecule has 0 aromatic heterocycles. The fourth-order valence-corrected chi connectivity index (χ4v) is 4.57. The number of likely N-dealkylation sites (tertiary alicyclic amines) is 1. The van der Waals surface area contributed by atoms with Crippen molar-refractivity contribution in [2.75, 3.05) is 33.4 Å². The van der Waals surface area contributed by atoms with E-state index in [2.05, 4.69) is 13.8 Å². The van der Waals surface area contributed by atoms with Gasteiger partial charge in [-0.25, -0.2) is 0 Å². The van der Waals surface area contributed by atoms with Gasteiger partial charge in [0.2, 0.25) is 0 Å². The second kappa shape index (κ2) is 13.8. The van der Waals surface area contributed by atoms with E-state index in [9.17, 15) is 9.59 Å². The number of hydrogen-bond acceptors (Lipinski definition) is 6. The average Bonchev–Trinajstić information content (AvgIpc) is 3.40. The molecule has 2 aromatic carbocycles. The Hall–Kier alpha value is -3.22. The first-order valence-corrected chi connectivity index (χ1v) is 13.0. The van der Waals surface area contributed by atoms with Gasteiger partial charge in [0, 0.05) is 37.6 Å². The lowest BCUT2D eigenvalue weighted by Crippen LogP contribution is -2.28. The Morgan fingerprint density at radius 3 is 2.08 bits per heavy atom. The minimum atomic E-state index is -0.343. The SMILES string of the molecule is CCCc1c(OCCCOc2ccc(C(=O)N3CCCC3)c(OC)c2CCC)cccc1OC(C)=O. The topological polar surface area (TPSA) is 74.3 Å². The zero-order valence-electron chi connectivity index (χ0n) is 22.1. The minimum Gasteiger partial charge on any atom is -0.495 e. The smallest absolute Gasteiger partial charge is 0.308 e. The third-order valence-corrected chi connectivity index (χ3v) is 6.19. The molecule has 1 heterocycles. The molecule has 2 aromatic rings. The molecule has 0 spiro atoms. The third-order valence-electron chi connectivity index (χ3n) is 6.19. The molecule has 0 N–H and O–H groups in total. The summed E-state index contributed by atoms with van der Waals surface area (Å²) in [6.07, 6.45) is 6.12. The van der Waals surface area contributed by atoms with Crippen molar-refractivity contribution in [3.8, 4) is 23.0 Å². The number of nitrogens with zero attached hydrogens (tertiary/aromatic N) is 1. The van der Waals surface area contributed by atoms with Crippen LogP contribution in [-0.4, -0.2) is 50.2 Å².